The summed E-state index contributed by atoms with van der Waals surface area (Å²) in [6.45, 7) is 2.41. The Hall–Kier alpha value is -2.02. The lowest BCUT2D eigenvalue weighted by molar-refractivity contribution is 0.949. The zero-order chi connectivity index (χ0) is 12.7. The van der Waals surface area contributed by atoms with E-state index in [2.05, 4.69) is 59.5 Å². The third-order valence-corrected chi connectivity index (χ3v) is 4.16. The maximum absolute atomic E-state index is 2.49. The lowest BCUT2D eigenvalue weighted by atomic mass is 10.0. The van der Waals surface area contributed by atoms with E-state index in [4.69, 9.17) is 0 Å². The van der Waals surface area contributed by atoms with Crippen LogP contribution < -0.4 is 4.90 Å². The van der Waals surface area contributed by atoms with Crippen LogP contribution in [0.4, 0.5) is 5.69 Å². The molecule has 19 heavy (non-hydrogen) atoms. The third-order valence-electron chi connectivity index (χ3n) is 4.16. The second-order valence-corrected chi connectivity index (χ2v) is 5.42. The van der Waals surface area contributed by atoms with Crippen LogP contribution in [0.3, 0.4) is 0 Å². The van der Waals surface area contributed by atoms with Crippen LogP contribution in [0.1, 0.15) is 12.8 Å². The van der Waals surface area contributed by atoms with E-state index in [0.717, 1.165) is 0 Å². The molecule has 1 heteroatoms. The van der Waals surface area contributed by atoms with E-state index in [0.29, 0.717) is 0 Å². The van der Waals surface area contributed by atoms with Gasteiger partial charge in [-0.05, 0) is 58.7 Å². The molecule has 0 atom stereocenters. The number of benzene rings is 3. The summed E-state index contributed by atoms with van der Waals surface area (Å²) in [6, 6.07) is 20.1. The molecule has 1 fully saturated rings. The number of hydrogen-bond acceptors (Lipinski definition) is 1. The molecule has 1 heterocycles. The van der Waals surface area contributed by atoms with Gasteiger partial charge < -0.3 is 4.90 Å². The highest BCUT2D eigenvalue weighted by molar-refractivity contribution is 5.99. The summed E-state index contributed by atoms with van der Waals surface area (Å²) >= 11 is 0. The Balaban J connectivity index is 1.89. The molecule has 3 aromatic rings. The minimum atomic E-state index is 1.21. The fraction of sp³-hybridized carbons (Fsp3) is 0.222. The molecule has 0 aromatic heterocycles. The van der Waals surface area contributed by atoms with Crippen LogP contribution in [0.2, 0.25) is 0 Å². The van der Waals surface area contributed by atoms with Gasteiger partial charge in [-0.1, -0.05) is 30.3 Å². The molecule has 0 radical (unpaired) electrons. The molecular weight excluding hydrogens is 230 g/mol. The summed E-state index contributed by atoms with van der Waals surface area (Å²) in [6.07, 6.45) is 2.66. The summed E-state index contributed by atoms with van der Waals surface area (Å²) in [5.74, 6) is 0. The SMILES string of the molecule is c1ccc2cc3cc(N4CCCC4)ccc3cc2c1. The molecule has 1 saturated heterocycles. The van der Waals surface area contributed by atoms with Crippen molar-refractivity contribution < 1.29 is 0 Å². The lowest BCUT2D eigenvalue weighted by Gasteiger charge is -2.18. The Morgan fingerprint density at radius 1 is 0.632 bits per heavy atom. The normalized spacial score (nSPS) is 15.5. The van der Waals surface area contributed by atoms with Gasteiger partial charge in [-0.15, -0.1) is 0 Å². The number of anilines is 1. The van der Waals surface area contributed by atoms with E-state index in [1.54, 1.807) is 0 Å². The van der Waals surface area contributed by atoms with Crippen molar-refractivity contribution in [3.8, 4) is 0 Å². The lowest BCUT2D eigenvalue weighted by Crippen LogP contribution is -2.17. The Labute approximate surface area is 113 Å². The van der Waals surface area contributed by atoms with Crippen molar-refractivity contribution in [2.24, 2.45) is 0 Å². The molecule has 1 aliphatic heterocycles. The summed E-state index contributed by atoms with van der Waals surface area (Å²) in [5, 5.41) is 5.34. The minimum absolute atomic E-state index is 1.21. The largest absolute Gasteiger partial charge is 0.372 e. The average Bonchev–Trinajstić information content (AvgIpc) is 2.98. The molecule has 0 N–H and O–H groups in total. The summed E-state index contributed by atoms with van der Waals surface area (Å²) in [4.78, 5) is 2.49. The van der Waals surface area contributed by atoms with Crippen molar-refractivity contribution in [1.29, 1.82) is 0 Å². The first-order chi connectivity index (χ1) is 9.40. The summed E-state index contributed by atoms with van der Waals surface area (Å²) in [5.41, 5.74) is 1.38. The fourth-order valence-corrected chi connectivity index (χ4v) is 3.10. The molecular formula is C18H17N. The predicted molar refractivity (Wildman–Crippen MR) is 82.9 cm³/mol. The van der Waals surface area contributed by atoms with Gasteiger partial charge in [0.05, 0.1) is 0 Å². The quantitative estimate of drug-likeness (QED) is 0.568. The van der Waals surface area contributed by atoms with E-state index >= 15 is 0 Å². The van der Waals surface area contributed by atoms with Crippen molar-refractivity contribution in [3.05, 3.63) is 54.6 Å². The van der Waals surface area contributed by atoms with Crippen molar-refractivity contribution in [1.82, 2.24) is 0 Å². The van der Waals surface area contributed by atoms with E-state index in [1.165, 1.54) is 53.2 Å². The van der Waals surface area contributed by atoms with E-state index in [9.17, 15) is 0 Å². The fourth-order valence-electron chi connectivity index (χ4n) is 3.10. The van der Waals surface area contributed by atoms with Crippen LogP contribution in [0.5, 0.6) is 0 Å². The number of nitrogens with zero attached hydrogens (tertiary/aromatic N) is 1. The van der Waals surface area contributed by atoms with Crippen LogP contribution in [0.15, 0.2) is 54.6 Å². The second kappa shape index (κ2) is 4.27. The van der Waals surface area contributed by atoms with Gasteiger partial charge in [0.2, 0.25) is 0 Å². The van der Waals surface area contributed by atoms with Gasteiger partial charge in [0, 0.05) is 18.8 Å². The molecule has 4 rings (SSSR count). The van der Waals surface area contributed by atoms with Crippen molar-refractivity contribution in [3.63, 3.8) is 0 Å². The van der Waals surface area contributed by atoms with Gasteiger partial charge in [-0.3, -0.25) is 0 Å². The second-order valence-electron chi connectivity index (χ2n) is 5.42. The van der Waals surface area contributed by atoms with Crippen molar-refractivity contribution >= 4 is 27.2 Å². The highest BCUT2D eigenvalue weighted by atomic mass is 15.1. The molecule has 3 aromatic carbocycles. The first-order valence-corrected chi connectivity index (χ1v) is 7.08. The van der Waals surface area contributed by atoms with Crippen LogP contribution in [0, 0.1) is 0 Å². The topological polar surface area (TPSA) is 3.24 Å². The van der Waals surface area contributed by atoms with E-state index in [1.807, 2.05) is 0 Å². The molecule has 0 bridgehead atoms. The van der Waals surface area contributed by atoms with Crippen molar-refractivity contribution in [2.75, 3.05) is 18.0 Å². The molecule has 0 unspecified atom stereocenters. The number of rotatable bonds is 1. The molecule has 0 amide bonds. The van der Waals surface area contributed by atoms with E-state index in [-0.39, 0.29) is 0 Å². The molecule has 0 aliphatic carbocycles. The van der Waals surface area contributed by atoms with Gasteiger partial charge in [0.15, 0.2) is 0 Å². The third kappa shape index (κ3) is 1.86. The van der Waals surface area contributed by atoms with Crippen LogP contribution in [-0.2, 0) is 0 Å². The minimum Gasteiger partial charge on any atom is -0.372 e. The maximum Gasteiger partial charge on any atom is 0.0372 e. The average molecular weight is 247 g/mol. The van der Waals surface area contributed by atoms with E-state index < -0.39 is 0 Å². The van der Waals surface area contributed by atoms with Crippen molar-refractivity contribution in [2.45, 2.75) is 12.8 Å². The zero-order valence-electron chi connectivity index (χ0n) is 11.0. The first kappa shape index (κ1) is 10.9. The molecule has 94 valence electrons. The van der Waals surface area contributed by atoms with Crippen LogP contribution in [0.25, 0.3) is 21.5 Å². The highest BCUT2D eigenvalue weighted by Gasteiger charge is 2.12. The van der Waals surface area contributed by atoms with Gasteiger partial charge in [-0.2, -0.15) is 0 Å². The molecule has 0 spiro atoms. The molecule has 1 aliphatic rings. The molecule has 0 saturated carbocycles. The highest BCUT2D eigenvalue weighted by Crippen LogP contribution is 2.28. The van der Waals surface area contributed by atoms with Gasteiger partial charge in [0.1, 0.15) is 0 Å². The maximum atomic E-state index is 2.49. The predicted octanol–water partition coefficient (Wildman–Crippen LogP) is 4.59. The van der Waals surface area contributed by atoms with Gasteiger partial charge in [0.25, 0.3) is 0 Å². The Kier molecular flexibility index (Phi) is 2.44. The number of hydrogen-bond donors (Lipinski definition) is 0. The zero-order valence-corrected chi connectivity index (χ0v) is 11.0. The Bertz CT molecular complexity index is 739. The smallest absolute Gasteiger partial charge is 0.0372 e. The summed E-state index contributed by atoms with van der Waals surface area (Å²) < 4.78 is 0. The molecule has 1 nitrogen and oxygen atoms in total. The summed E-state index contributed by atoms with van der Waals surface area (Å²) in [7, 11) is 0. The number of fused-ring (bicyclic) bond motifs is 2. The monoisotopic (exact) mass is 247 g/mol. The van der Waals surface area contributed by atoms with Crippen LogP contribution >= 0.6 is 0 Å². The first-order valence-electron chi connectivity index (χ1n) is 7.08. The van der Waals surface area contributed by atoms with Crippen LogP contribution in [-0.4, -0.2) is 13.1 Å². The Morgan fingerprint density at radius 3 is 2.00 bits per heavy atom. The Morgan fingerprint density at radius 2 is 1.26 bits per heavy atom. The van der Waals surface area contributed by atoms with Gasteiger partial charge in [-0.25, -0.2) is 0 Å². The standard InChI is InChI=1S/C18H17N/c1-2-6-15-12-17-13-18(19-9-3-4-10-19)8-7-16(17)11-14(15)5-1/h1-2,5-8,11-13H,3-4,9-10H2. The van der Waals surface area contributed by atoms with Gasteiger partial charge >= 0.3 is 0 Å².